The van der Waals surface area contributed by atoms with Gasteiger partial charge in [-0.1, -0.05) is 25.1 Å². The van der Waals surface area contributed by atoms with E-state index in [9.17, 15) is 4.79 Å². The monoisotopic (exact) mass is 450 g/mol. The number of thiocarbonyl (C=S) groups is 1. The van der Waals surface area contributed by atoms with Gasteiger partial charge in [0.15, 0.2) is 5.11 Å². The lowest BCUT2D eigenvalue weighted by Crippen LogP contribution is -2.34. The summed E-state index contributed by atoms with van der Waals surface area (Å²) in [5.74, 6) is 0.959. The SMILES string of the molecule is Cc1ccc(NC(=S)N[C@H](C)c2ccc(N3CCC[C@H](C)C3)cc2)cc1N1CCCC1=O. The number of amides is 1. The van der Waals surface area contributed by atoms with Crippen molar-refractivity contribution in [2.24, 2.45) is 5.92 Å². The molecule has 2 aromatic rings. The lowest BCUT2D eigenvalue weighted by Gasteiger charge is -2.33. The average molecular weight is 451 g/mol. The Balaban J connectivity index is 1.36. The van der Waals surface area contributed by atoms with Crippen molar-refractivity contribution < 1.29 is 4.79 Å². The maximum absolute atomic E-state index is 12.2. The van der Waals surface area contributed by atoms with E-state index in [0.717, 1.165) is 48.9 Å². The van der Waals surface area contributed by atoms with Crippen molar-refractivity contribution in [3.63, 3.8) is 0 Å². The fourth-order valence-corrected chi connectivity index (χ4v) is 5.02. The first-order valence-corrected chi connectivity index (χ1v) is 12.1. The van der Waals surface area contributed by atoms with Gasteiger partial charge >= 0.3 is 0 Å². The number of carbonyl (C=O) groups excluding carboxylic acids is 1. The Labute approximate surface area is 197 Å². The van der Waals surface area contributed by atoms with Crippen molar-refractivity contribution in [3.8, 4) is 0 Å². The first kappa shape index (κ1) is 22.6. The molecule has 0 bridgehead atoms. The van der Waals surface area contributed by atoms with Gasteiger partial charge in [0, 0.05) is 43.1 Å². The molecular formula is C26H34N4OS. The molecule has 32 heavy (non-hydrogen) atoms. The maximum Gasteiger partial charge on any atom is 0.227 e. The predicted octanol–water partition coefficient (Wildman–Crippen LogP) is 5.41. The van der Waals surface area contributed by atoms with Crippen LogP contribution < -0.4 is 20.4 Å². The topological polar surface area (TPSA) is 47.6 Å². The van der Waals surface area contributed by atoms with Gasteiger partial charge in [0.1, 0.15) is 0 Å². The van der Waals surface area contributed by atoms with E-state index in [-0.39, 0.29) is 11.9 Å². The Hall–Kier alpha value is -2.60. The van der Waals surface area contributed by atoms with Gasteiger partial charge in [-0.3, -0.25) is 4.79 Å². The van der Waals surface area contributed by atoms with Crippen LogP contribution in [0.2, 0.25) is 0 Å². The zero-order valence-corrected chi connectivity index (χ0v) is 20.2. The van der Waals surface area contributed by atoms with Crippen molar-refractivity contribution >= 4 is 40.3 Å². The van der Waals surface area contributed by atoms with Crippen LogP contribution in [0.25, 0.3) is 0 Å². The molecule has 0 saturated carbocycles. The largest absolute Gasteiger partial charge is 0.371 e. The van der Waals surface area contributed by atoms with Crippen LogP contribution in [0, 0.1) is 12.8 Å². The summed E-state index contributed by atoms with van der Waals surface area (Å²) < 4.78 is 0. The van der Waals surface area contributed by atoms with Crippen LogP contribution in [0.5, 0.6) is 0 Å². The summed E-state index contributed by atoms with van der Waals surface area (Å²) in [4.78, 5) is 16.5. The normalized spacial score (nSPS) is 19.7. The number of carbonyl (C=O) groups is 1. The predicted molar refractivity (Wildman–Crippen MR) is 138 cm³/mol. The number of nitrogens with one attached hydrogen (secondary N) is 2. The minimum atomic E-state index is 0.0920. The van der Waals surface area contributed by atoms with Gasteiger partial charge < -0.3 is 20.4 Å². The molecule has 2 heterocycles. The van der Waals surface area contributed by atoms with Gasteiger partial charge in [0.2, 0.25) is 5.91 Å². The van der Waals surface area contributed by atoms with Gasteiger partial charge in [-0.05, 0) is 86.6 Å². The van der Waals surface area contributed by atoms with Crippen molar-refractivity contribution in [2.45, 2.75) is 52.5 Å². The molecule has 2 saturated heterocycles. The minimum absolute atomic E-state index is 0.0920. The number of hydrogen-bond donors (Lipinski definition) is 2. The zero-order chi connectivity index (χ0) is 22.7. The van der Waals surface area contributed by atoms with Crippen molar-refractivity contribution in [1.82, 2.24) is 5.32 Å². The highest BCUT2D eigenvalue weighted by molar-refractivity contribution is 7.80. The molecule has 0 radical (unpaired) electrons. The maximum atomic E-state index is 12.2. The summed E-state index contributed by atoms with van der Waals surface area (Å²) >= 11 is 5.58. The molecule has 1 amide bonds. The van der Waals surface area contributed by atoms with Gasteiger partial charge in [0.25, 0.3) is 0 Å². The highest BCUT2D eigenvalue weighted by Gasteiger charge is 2.23. The highest BCUT2D eigenvalue weighted by Crippen LogP contribution is 2.28. The summed E-state index contributed by atoms with van der Waals surface area (Å²) in [5.41, 5.74) is 5.47. The third-order valence-electron chi connectivity index (χ3n) is 6.59. The lowest BCUT2D eigenvalue weighted by molar-refractivity contribution is -0.117. The Bertz CT molecular complexity index is 974. The van der Waals surface area contributed by atoms with Gasteiger partial charge in [0.05, 0.1) is 6.04 Å². The second-order valence-electron chi connectivity index (χ2n) is 9.26. The molecule has 0 aromatic heterocycles. The van der Waals surface area contributed by atoms with Gasteiger partial charge in [-0.15, -0.1) is 0 Å². The van der Waals surface area contributed by atoms with Crippen LogP contribution in [0.15, 0.2) is 42.5 Å². The number of aryl methyl sites for hydroxylation is 1. The molecule has 0 aliphatic carbocycles. The zero-order valence-electron chi connectivity index (χ0n) is 19.4. The molecule has 5 nitrogen and oxygen atoms in total. The number of hydrogen-bond acceptors (Lipinski definition) is 3. The number of piperidine rings is 1. The van der Waals surface area contributed by atoms with E-state index in [1.807, 2.05) is 30.0 Å². The number of anilines is 3. The molecule has 0 spiro atoms. The smallest absolute Gasteiger partial charge is 0.227 e. The quantitative estimate of drug-likeness (QED) is 0.597. The van der Waals surface area contributed by atoms with Crippen LogP contribution in [0.3, 0.4) is 0 Å². The minimum Gasteiger partial charge on any atom is -0.371 e. The van der Waals surface area contributed by atoms with E-state index in [0.29, 0.717) is 11.5 Å². The summed E-state index contributed by atoms with van der Waals surface area (Å²) in [7, 11) is 0. The Kier molecular flexibility index (Phi) is 6.99. The molecule has 2 N–H and O–H groups in total. The third kappa shape index (κ3) is 5.23. The molecule has 170 valence electrons. The molecule has 4 rings (SSSR count). The third-order valence-corrected chi connectivity index (χ3v) is 6.81. The van der Waals surface area contributed by atoms with Crippen LogP contribution in [-0.2, 0) is 4.79 Å². The molecule has 2 aliphatic heterocycles. The van der Waals surface area contributed by atoms with Crippen molar-refractivity contribution in [1.29, 1.82) is 0 Å². The summed E-state index contributed by atoms with van der Waals surface area (Å²) in [5, 5.41) is 7.26. The van der Waals surface area contributed by atoms with Gasteiger partial charge in [-0.25, -0.2) is 0 Å². The summed E-state index contributed by atoms with van der Waals surface area (Å²) in [6.07, 6.45) is 4.15. The molecule has 6 heteroatoms. The Morgan fingerprint density at radius 1 is 1.12 bits per heavy atom. The highest BCUT2D eigenvalue weighted by atomic mass is 32.1. The van der Waals surface area contributed by atoms with Crippen LogP contribution in [0.1, 0.15) is 56.7 Å². The number of rotatable bonds is 5. The van der Waals surface area contributed by atoms with Crippen molar-refractivity contribution in [3.05, 3.63) is 53.6 Å². The van der Waals surface area contributed by atoms with E-state index >= 15 is 0 Å². The van der Waals surface area contributed by atoms with Gasteiger partial charge in [-0.2, -0.15) is 0 Å². The van der Waals surface area contributed by atoms with E-state index in [4.69, 9.17) is 12.2 Å². The van der Waals surface area contributed by atoms with Crippen LogP contribution >= 0.6 is 12.2 Å². The molecule has 0 unspecified atom stereocenters. The first-order chi connectivity index (χ1) is 15.4. The van der Waals surface area contributed by atoms with Crippen LogP contribution in [-0.4, -0.2) is 30.7 Å². The second-order valence-corrected chi connectivity index (χ2v) is 9.66. The molecular weight excluding hydrogens is 416 g/mol. The average Bonchev–Trinajstić information content (AvgIpc) is 3.20. The summed E-state index contributed by atoms with van der Waals surface area (Å²) in [6.45, 7) is 9.57. The standard InChI is InChI=1S/C26H34N4OS/c1-18-6-4-14-29(17-18)23-12-9-21(10-13-23)20(3)27-26(32)28-22-11-8-19(2)24(16-22)30-15-5-7-25(30)31/h8-13,16,18,20H,4-7,14-15,17H2,1-3H3,(H2,27,28,32)/t18-,20+/m0/s1. The fraction of sp³-hybridized carbons (Fsp3) is 0.462. The number of benzene rings is 2. The Morgan fingerprint density at radius 2 is 1.91 bits per heavy atom. The molecule has 2 atom stereocenters. The van der Waals surface area contributed by atoms with E-state index in [2.05, 4.69) is 53.6 Å². The molecule has 2 aliphatic rings. The fourth-order valence-electron chi connectivity index (χ4n) is 4.73. The molecule has 2 aromatic carbocycles. The first-order valence-electron chi connectivity index (χ1n) is 11.7. The number of nitrogens with zero attached hydrogens (tertiary/aromatic N) is 2. The molecule has 2 fully saturated rings. The van der Waals surface area contributed by atoms with Crippen LogP contribution in [0.4, 0.5) is 17.1 Å². The Morgan fingerprint density at radius 3 is 2.59 bits per heavy atom. The van der Waals surface area contributed by atoms with Crippen molar-refractivity contribution in [2.75, 3.05) is 34.8 Å². The van der Waals surface area contributed by atoms with E-state index in [1.54, 1.807) is 0 Å². The van der Waals surface area contributed by atoms with E-state index < -0.39 is 0 Å². The second kappa shape index (κ2) is 9.90. The summed E-state index contributed by atoms with van der Waals surface area (Å²) in [6, 6.07) is 15.0. The van der Waals surface area contributed by atoms with E-state index in [1.165, 1.54) is 24.1 Å². The lowest BCUT2D eigenvalue weighted by atomic mass is 9.99.